The zero-order valence-corrected chi connectivity index (χ0v) is 11.7. The lowest BCUT2D eigenvalue weighted by molar-refractivity contribution is -0.153. The van der Waals surface area contributed by atoms with E-state index in [1.165, 1.54) is 0 Å². The highest BCUT2D eigenvalue weighted by atomic mass is 19.4. The van der Waals surface area contributed by atoms with Gasteiger partial charge in [-0.3, -0.25) is 4.79 Å². The van der Waals surface area contributed by atoms with Crippen molar-refractivity contribution in [3.63, 3.8) is 0 Å². The van der Waals surface area contributed by atoms with Crippen molar-refractivity contribution in [1.82, 2.24) is 0 Å². The summed E-state index contributed by atoms with van der Waals surface area (Å²) in [6.45, 7) is 4.38. The Labute approximate surface area is 112 Å². The van der Waals surface area contributed by atoms with Crippen molar-refractivity contribution in [2.75, 3.05) is 6.61 Å². The Hall–Kier alpha value is -0.580. The molecule has 0 N–H and O–H groups in total. The molecule has 0 aromatic carbocycles. The lowest BCUT2D eigenvalue weighted by atomic mass is 9.76. The molecule has 1 aliphatic carbocycles. The van der Waals surface area contributed by atoms with Crippen molar-refractivity contribution in [1.29, 1.82) is 0 Å². The first-order valence-electron chi connectivity index (χ1n) is 7.03. The number of ketones is 1. The lowest BCUT2D eigenvalue weighted by Crippen LogP contribution is -2.44. The molecule has 1 saturated carbocycles. The third-order valence-corrected chi connectivity index (χ3v) is 3.87. The summed E-state index contributed by atoms with van der Waals surface area (Å²) >= 11 is 0. The number of alkyl halides is 3. The lowest BCUT2D eigenvalue weighted by Gasteiger charge is -2.38. The third kappa shape index (κ3) is 5.13. The molecule has 0 heterocycles. The molecule has 112 valence electrons. The van der Waals surface area contributed by atoms with Crippen molar-refractivity contribution in [3.05, 3.63) is 0 Å². The standard InChI is InChI=1S/C14H23F3O2/c1-3-19-13(9-6-11(2)7-10-13)12(18)5-4-8-14(15,16)17/h11H,3-10H2,1-2H3. The molecule has 0 spiro atoms. The Morgan fingerprint density at radius 2 is 1.89 bits per heavy atom. The van der Waals surface area contributed by atoms with Crippen LogP contribution in [0.1, 0.15) is 58.8 Å². The van der Waals surface area contributed by atoms with Crippen molar-refractivity contribution in [2.45, 2.75) is 70.6 Å². The summed E-state index contributed by atoms with van der Waals surface area (Å²) in [5.41, 5.74) is -0.813. The summed E-state index contributed by atoms with van der Waals surface area (Å²) < 4.78 is 41.9. The monoisotopic (exact) mass is 280 g/mol. The van der Waals surface area contributed by atoms with Gasteiger partial charge in [0.2, 0.25) is 0 Å². The smallest absolute Gasteiger partial charge is 0.368 e. The Kier molecular flexibility index (Phi) is 5.83. The van der Waals surface area contributed by atoms with Gasteiger partial charge in [-0.1, -0.05) is 6.92 Å². The molecular formula is C14H23F3O2. The fourth-order valence-electron chi connectivity index (χ4n) is 2.69. The van der Waals surface area contributed by atoms with Crippen LogP contribution in [0.2, 0.25) is 0 Å². The number of hydrogen-bond donors (Lipinski definition) is 0. The van der Waals surface area contributed by atoms with E-state index in [-0.39, 0.29) is 18.6 Å². The van der Waals surface area contributed by atoms with Crippen LogP contribution in [0.5, 0.6) is 0 Å². The van der Waals surface area contributed by atoms with E-state index in [0.29, 0.717) is 25.4 Å². The quantitative estimate of drug-likeness (QED) is 0.726. The van der Waals surface area contributed by atoms with E-state index >= 15 is 0 Å². The van der Waals surface area contributed by atoms with Gasteiger partial charge in [-0.15, -0.1) is 0 Å². The second-order valence-corrected chi connectivity index (χ2v) is 5.50. The summed E-state index contributed by atoms with van der Waals surface area (Å²) in [6, 6.07) is 0. The van der Waals surface area contributed by atoms with Crippen molar-refractivity contribution < 1.29 is 22.7 Å². The molecule has 5 heteroatoms. The maximum atomic E-state index is 12.2. The van der Waals surface area contributed by atoms with E-state index in [0.717, 1.165) is 12.8 Å². The second-order valence-electron chi connectivity index (χ2n) is 5.50. The van der Waals surface area contributed by atoms with Crippen LogP contribution in [0.25, 0.3) is 0 Å². The normalized spacial score (nSPS) is 28.4. The molecule has 0 amide bonds. The number of carbonyl (C=O) groups excluding carboxylic acids is 1. The molecule has 0 aromatic rings. The van der Waals surface area contributed by atoms with Crippen LogP contribution >= 0.6 is 0 Å². The molecule has 0 bridgehead atoms. The average molecular weight is 280 g/mol. The number of halogens is 3. The number of rotatable bonds is 6. The number of hydrogen-bond acceptors (Lipinski definition) is 2. The van der Waals surface area contributed by atoms with Crippen LogP contribution in [-0.2, 0) is 9.53 Å². The number of carbonyl (C=O) groups is 1. The molecule has 0 atom stereocenters. The van der Waals surface area contributed by atoms with E-state index in [9.17, 15) is 18.0 Å². The number of ether oxygens (including phenoxy) is 1. The first-order chi connectivity index (χ1) is 8.79. The van der Waals surface area contributed by atoms with E-state index in [4.69, 9.17) is 4.74 Å². The molecular weight excluding hydrogens is 257 g/mol. The van der Waals surface area contributed by atoms with Gasteiger partial charge in [0, 0.05) is 19.4 Å². The van der Waals surface area contributed by atoms with Gasteiger partial charge >= 0.3 is 6.18 Å². The van der Waals surface area contributed by atoms with Gasteiger partial charge in [0.25, 0.3) is 0 Å². The van der Waals surface area contributed by atoms with Crippen LogP contribution in [0.15, 0.2) is 0 Å². The third-order valence-electron chi connectivity index (χ3n) is 3.87. The molecule has 1 fully saturated rings. The molecule has 1 aliphatic rings. The van der Waals surface area contributed by atoms with Crippen LogP contribution in [0, 0.1) is 5.92 Å². The van der Waals surface area contributed by atoms with Crippen molar-refractivity contribution >= 4 is 5.78 Å². The van der Waals surface area contributed by atoms with Gasteiger partial charge in [-0.05, 0) is 44.9 Å². The molecule has 0 aliphatic heterocycles. The Morgan fingerprint density at radius 3 is 2.37 bits per heavy atom. The zero-order valence-electron chi connectivity index (χ0n) is 11.7. The van der Waals surface area contributed by atoms with E-state index in [1.807, 2.05) is 6.92 Å². The maximum absolute atomic E-state index is 12.2. The topological polar surface area (TPSA) is 26.3 Å². The molecule has 1 rings (SSSR count). The Balaban J connectivity index is 2.53. The molecule has 0 unspecified atom stereocenters. The fourth-order valence-corrected chi connectivity index (χ4v) is 2.69. The van der Waals surface area contributed by atoms with Crippen LogP contribution in [0.4, 0.5) is 13.2 Å². The fraction of sp³-hybridized carbons (Fsp3) is 0.929. The molecule has 0 saturated heterocycles. The minimum atomic E-state index is -4.18. The van der Waals surface area contributed by atoms with Crippen molar-refractivity contribution in [2.24, 2.45) is 5.92 Å². The molecule has 2 nitrogen and oxygen atoms in total. The Bertz CT molecular complexity index is 292. The summed E-state index contributed by atoms with van der Waals surface area (Å²) in [6.07, 6.45) is -2.13. The van der Waals surface area contributed by atoms with Crippen LogP contribution in [-0.4, -0.2) is 24.2 Å². The first kappa shape index (κ1) is 16.5. The van der Waals surface area contributed by atoms with E-state index in [2.05, 4.69) is 6.92 Å². The van der Waals surface area contributed by atoms with Gasteiger partial charge < -0.3 is 4.74 Å². The highest BCUT2D eigenvalue weighted by molar-refractivity contribution is 5.87. The summed E-state index contributed by atoms with van der Waals surface area (Å²) in [7, 11) is 0. The van der Waals surface area contributed by atoms with Gasteiger partial charge in [0.05, 0.1) is 0 Å². The zero-order chi connectivity index (χ0) is 14.5. The minimum absolute atomic E-state index is 0.0338. The first-order valence-corrected chi connectivity index (χ1v) is 7.03. The molecule has 0 aromatic heterocycles. The van der Waals surface area contributed by atoms with Gasteiger partial charge in [0.1, 0.15) is 5.60 Å². The minimum Gasteiger partial charge on any atom is -0.368 e. The van der Waals surface area contributed by atoms with Gasteiger partial charge in [-0.25, -0.2) is 0 Å². The summed E-state index contributed by atoms with van der Waals surface area (Å²) in [4.78, 5) is 12.2. The highest BCUT2D eigenvalue weighted by Crippen LogP contribution is 2.37. The average Bonchev–Trinajstić information content (AvgIpc) is 2.31. The summed E-state index contributed by atoms with van der Waals surface area (Å²) in [5, 5.41) is 0. The predicted molar refractivity (Wildman–Crippen MR) is 66.9 cm³/mol. The molecule has 19 heavy (non-hydrogen) atoms. The maximum Gasteiger partial charge on any atom is 0.389 e. The van der Waals surface area contributed by atoms with E-state index < -0.39 is 18.2 Å². The van der Waals surface area contributed by atoms with Crippen molar-refractivity contribution in [3.8, 4) is 0 Å². The van der Waals surface area contributed by atoms with Crippen LogP contribution in [0.3, 0.4) is 0 Å². The SMILES string of the molecule is CCOC1(C(=O)CCCC(F)(F)F)CCC(C)CC1. The predicted octanol–water partition coefficient (Wildman–Crippen LogP) is 4.27. The van der Waals surface area contributed by atoms with Gasteiger partial charge in [-0.2, -0.15) is 13.2 Å². The Morgan fingerprint density at radius 1 is 1.32 bits per heavy atom. The highest BCUT2D eigenvalue weighted by Gasteiger charge is 2.41. The number of Topliss-reactive ketones (excluding diaryl/α,β-unsaturated/α-hetero) is 1. The van der Waals surface area contributed by atoms with Gasteiger partial charge in [0.15, 0.2) is 5.78 Å². The second kappa shape index (κ2) is 6.73. The molecule has 0 radical (unpaired) electrons. The van der Waals surface area contributed by atoms with Crippen LogP contribution < -0.4 is 0 Å². The summed E-state index contributed by atoms with van der Waals surface area (Å²) in [5.74, 6) is 0.419. The van der Waals surface area contributed by atoms with E-state index in [1.54, 1.807) is 0 Å². The largest absolute Gasteiger partial charge is 0.389 e.